The predicted octanol–water partition coefficient (Wildman–Crippen LogP) is 2.06. The van der Waals surface area contributed by atoms with Gasteiger partial charge in [-0.05, 0) is 12.1 Å². The maximum Gasteiger partial charge on any atom is 0.150 e. The normalized spacial score (nSPS) is 10.0. The Kier molecular flexibility index (Phi) is 3.69. The summed E-state index contributed by atoms with van der Waals surface area (Å²) >= 11 is 8.10. The number of rotatable bonds is 3. The van der Waals surface area contributed by atoms with Gasteiger partial charge in [-0.15, -0.1) is 0 Å². The van der Waals surface area contributed by atoms with Gasteiger partial charge in [0.2, 0.25) is 0 Å². The first kappa shape index (κ1) is 10.5. The van der Waals surface area contributed by atoms with Crippen LogP contribution >= 0.6 is 25.3 Å². The third-order valence-electron chi connectivity index (χ3n) is 1.77. The second-order valence-electron chi connectivity index (χ2n) is 2.62. The fourth-order valence-corrected chi connectivity index (χ4v) is 1.58. The number of hydrogen-bond acceptors (Lipinski definition) is 4. The third-order valence-corrected chi connectivity index (χ3v) is 2.45. The van der Waals surface area contributed by atoms with E-state index in [1.165, 1.54) is 0 Å². The standard InChI is InChI=1S/C9H10O2S2/c10-3-6-1-7(4-12)9(11)8(2-6)5-13/h1-3,11-13H,4-5H2. The molecule has 0 saturated heterocycles. The quantitative estimate of drug-likeness (QED) is 0.532. The minimum Gasteiger partial charge on any atom is -0.507 e. The van der Waals surface area contributed by atoms with Gasteiger partial charge in [-0.25, -0.2) is 0 Å². The SMILES string of the molecule is O=Cc1cc(CS)c(O)c(CS)c1. The van der Waals surface area contributed by atoms with Crippen molar-refractivity contribution in [2.75, 3.05) is 0 Å². The van der Waals surface area contributed by atoms with Gasteiger partial charge in [-0.2, -0.15) is 25.3 Å². The molecule has 0 amide bonds. The molecule has 0 bridgehead atoms. The number of aromatic hydroxyl groups is 1. The van der Waals surface area contributed by atoms with Gasteiger partial charge < -0.3 is 5.11 Å². The van der Waals surface area contributed by atoms with Gasteiger partial charge in [0.1, 0.15) is 12.0 Å². The van der Waals surface area contributed by atoms with E-state index in [9.17, 15) is 9.90 Å². The van der Waals surface area contributed by atoms with Crippen molar-refractivity contribution in [3.63, 3.8) is 0 Å². The Hall–Kier alpha value is -0.610. The molecule has 0 aliphatic carbocycles. The fraction of sp³-hybridized carbons (Fsp3) is 0.222. The zero-order valence-corrected chi connectivity index (χ0v) is 8.69. The molecule has 0 heterocycles. The van der Waals surface area contributed by atoms with Crippen LogP contribution in [0.1, 0.15) is 21.5 Å². The fourth-order valence-electron chi connectivity index (χ4n) is 1.10. The van der Waals surface area contributed by atoms with E-state index >= 15 is 0 Å². The summed E-state index contributed by atoms with van der Waals surface area (Å²) in [6, 6.07) is 3.25. The zero-order valence-electron chi connectivity index (χ0n) is 6.90. The first-order valence-corrected chi connectivity index (χ1v) is 5.01. The van der Waals surface area contributed by atoms with Crippen molar-refractivity contribution in [1.29, 1.82) is 0 Å². The largest absolute Gasteiger partial charge is 0.507 e. The molecule has 1 aromatic rings. The Morgan fingerprint density at radius 3 is 2.00 bits per heavy atom. The van der Waals surface area contributed by atoms with E-state index in [4.69, 9.17) is 0 Å². The van der Waals surface area contributed by atoms with E-state index in [1.54, 1.807) is 12.1 Å². The smallest absolute Gasteiger partial charge is 0.150 e. The van der Waals surface area contributed by atoms with Crippen LogP contribution in [0.3, 0.4) is 0 Å². The van der Waals surface area contributed by atoms with E-state index in [0.717, 1.165) is 6.29 Å². The van der Waals surface area contributed by atoms with Crippen LogP contribution in [0.25, 0.3) is 0 Å². The third kappa shape index (κ3) is 2.19. The highest BCUT2D eigenvalue weighted by molar-refractivity contribution is 7.79. The van der Waals surface area contributed by atoms with Crippen LogP contribution in [-0.2, 0) is 11.5 Å². The Labute approximate surface area is 87.8 Å². The summed E-state index contributed by atoms with van der Waals surface area (Å²) in [6.45, 7) is 0. The first-order chi connectivity index (χ1) is 6.22. The lowest BCUT2D eigenvalue weighted by Crippen LogP contribution is -1.91. The lowest BCUT2D eigenvalue weighted by atomic mass is 10.1. The number of thiol groups is 2. The van der Waals surface area contributed by atoms with Crippen molar-refractivity contribution in [2.24, 2.45) is 0 Å². The molecule has 0 fully saturated rings. The Balaban J connectivity index is 3.28. The maximum absolute atomic E-state index is 10.5. The molecule has 0 aromatic heterocycles. The highest BCUT2D eigenvalue weighted by atomic mass is 32.1. The Morgan fingerprint density at radius 2 is 1.69 bits per heavy atom. The molecule has 2 nitrogen and oxygen atoms in total. The van der Waals surface area contributed by atoms with Crippen molar-refractivity contribution >= 4 is 31.5 Å². The van der Waals surface area contributed by atoms with Gasteiger partial charge in [-0.3, -0.25) is 4.79 Å². The minimum atomic E-state index is 0.190. The van der Waals surface area contributed by atoms with Crippen molar-refractivity contribution in [3.8, 4) is 5.75 Å². The Morgan fingerprint density at radius 1 is 1.23 bits per heavy atom. The molecule has 70 valence electrons. The molecule has 4 heteroatoms. The summed E-state index contributed by atoms with van der Waals surface area (Å²) < 4.78 is 0. The number of carbonyl (C=O) groups is 1. The van der Waals surface area contributed by atoms with Gasteiger partial charge in [0.25, 0.3) is 0 Å². The van der Waals surface area contributed by atoms with Crippen molar-refractivity contribution < 1.29 is 9.90 Å². The Bertz CT molecular complexity index is 298. The highest BCUT2D eigenvalue weighted by Crippen LogP contribution is 2.26. The second kappa shape index (κ2) is 4.58. The molecular formula is C9H10O2S2. The van der Waals surface area contributed by atoms with Crippen LogP contribution in [-0.4, -0.2) is 11.4 Å². The van der Waals surface area contributed by atoms with E-state index in [2.05, 4.69) is 25.3 Å². The second-order valence-corrected chi connectivity index (χ2v) is 3.25. The van der Waals surface area contributed by atoms with Crippen LogP contribution in [0.15, 0.2) is 12.1 Å². The average molecular weight is 214 g/mol. The number of phenolic OH excluding ortho intramolecular Hbond substituents is 1. The molecule has 0 unspecified atom stereocenters. The zero-order chi connectivity index (χ0) is 9.84. The number of aldehydes is 1. The van der Waals surface area contributed by atoms with Gasteiger partial charge >= 0.3 is 0 Å². The molecule has 0 aliphatic heterocycles. The first-order valence-electron chi connectivity index (χ1n) is 3.74. The molecular weight excluding hydrogens is 204 g/mol. The van der Waals surface area contributed by atoms with Crippen LogP contribution in [0.5, 0.6) is 5.75 Å². The van der Waals surface area contributed by atoms with E-state index in [-0.39, 0.29) is 5.75 Å². The molecule has 0 aliphatic rings. The number of benzene rings is 1. The van der Waals surface area contributed by atoms with Gasteiger partial charge in [-0.1, -0.05) is 0 Å². The predicted molar refractivity (Wildman–Crippen MR) is 58.9 cm³/mol. The lowest BCUT2D eigenvalue weighted by molar-refractivity contribution is 0.112. The van der Waals surface area contributed by atoms with Crippen molar-refractivity contribution in [2.45, 2.75) is 11.5 Å². The number of carbonyl (C=O) groups excluding carboxylic acids is 1. The number of hydrogen-bond donors (Lipinski definition) is 3. The van der Waals surface area contributed by atoms with Crippen LogP contribution in [0.4, 0.5) is 0 Å². The summed E-state index contributed by atoms with van der Waals surface area (Å²) in [5, 5.41) is 9.60. The molecule has 0 saturated carbocycles. The van der Waals surface area contributed by atoms with Crippen molar-refractivity contribution in [3.05, 3.63) is 28.8 Å². The molecule has 0 radical (unpaired) electrons. The molecule has 0 spiro atoms. The topological polar surface area (TPSA) is 37.3 Å². The van der Waals surface area contributed by atoms with Crippen LogP contribution < -0.4 is 0 Å². The van der Waals surface area contributed by atoms with E-state index in [1.807, 2.05) is 0 Å². The van der Waals surface area contributed by atoms with Gasteiger partial charge in [0, 0.05) is 28.2 Å². The molecule has 0 atom stereocenters. The minimum absolute atomic E-state index is 0.190. The summed E-state index contributed by atoms with van der Waals surface area (Å²) in [5.41, 5.74) is 1.87. The van der Waals surface area contributed by atoms with E-state index in [0.29, 0.717) is 28.2 Å². The molecule has 13 heavy (non-hydrogen) atoms. The monoisotopic (exact) mass is 214 g/mol. The van der Waals surface area contributed by atoms with Crippen molar-refractivity contribution in [1.82, 2.24) is 0 Å². The summed E-state index contributed by atoms with van der Waals surface area (Å²) in [4.78, 5) is 10.5. The highest BCUT2D eigenvalue weighted by Gasteiger charge is 2.07. The summed E-state index contributed by atoms with van der Waals surface area (Å²) in [7, 11) is 0. The summed E-state index contributed by atoms with van der Waals surface area (Å²) in [5.74, 6) is 1.01. The molecule has 1 N–H and O–H groups in total. The van der Waals surface area contributed by atoms with Gasteiger partial charge in [0.05, 0.1) is 0 Å². The molecule has 1 aromatic carbocycles. The number of phenols is 1. The van der Waals surface area contributed by atoms with Crippen LogP contribution in [0.2, 0.25) is 0 Å². The maximum atomic E-state index is 10.5. The lowest BCUT2D eigenvalue weighted by Gasteiger charge is -2.07. The average Bonchev–Trinajstić information content (AvgIpc) is 2.18. The van der Waals surface area contributed by atoms with E-state index < -0.39 is 0 Å². The van der Waals surface area contributed by atoms with Crippen LogP contribution in [0, 0.1) is 0 Å². The molecule has 1 rings (SSSR count). The summed E-state index contributed by atoms with van der Waals surface area (Å²) in [6.07, 6.45) is 0.749. The van der Waals surface area contributed by atoms with Gasteiger partial charge in [0.15, 0.2) is 0 Å².